The lowest BCUT2D eigenvalue weighted by Gasteiger charge is -2.48. The first-order valence-electron chi connectivity index (χ1n) is 7.61. The molecule has 2 aliphatic rings. The van der Waals surface area contributed by atoms with E-state index in [2.05, 4.69) is 17.1 Å². The number of rotatable bonds is 5. The molecule has 19 heavy (non-hydrogen) atoms. The normalized spacial score (nSPS) is 28.0. The van der Waals surface area contributed by atoms with Crippen LogP contribution in [0.15, 0.2) is 0 Å². The van der Waals surface area contributed by atoms with Gasteiger partial charge in [0.25, 0.3) is 0 Å². The molecule has 2 rings (SSSR count). The molecule has 1 heterocycles. The summed E-state index contributed by atoms with van der Waals surface area (Å²) in [6.45, 7) is 4.98. The highest BCUT2D eigenvalue weighted by Gasteiger charge is 2.43. The maximum atomic E-state index is 11.4. The molecule has 1 spiro atoms. The zero-order valence-electron chi connectivity index (χ0n) is 12.3. The Morgan fingerprint density at radius 3 is 2.58 bits per heavy atom. The Balaban J connectivity index is 2.02. The van der Waals surface area contributed by atoms with Crippen molar-refractivity contribution in [2.45, 2.75) is 57.0 Å². The van der Waals surface area contributed by atoms with E-state index >= 15 is 0 Å². The Bertz CT molecular complexity index is 388. The summed E-state index contributed by atoms with van der Waals surface area (Å²) in [5, 5.41) is 3.69. The number of piperazine rings is 1. The molecule has 1 N–H and O–H groups in total. The summed E-state index contributed by atoms with van der Waals surface area (Å²) in [6, 6.07) is 0.538. The van der Waals surface area contributed by atoms with Crippen LogP contribution in [0, 0.1) is 0 Å². The number of nitrogens with one attached hydrogen (secondary N) is 1. The van der Waals surface area contributed by atoms with Gasteiger partial charge in [-0.15, -0.1) is 0 Å². The van der Waals surface area contributed by atoms with Gasteiger partial charge in [0.05, 0.1) is 5.75 Å². The van der Waals surface area contributed by atoms with Crippen LogP contribution in [-0.4, -0.2) is 56.5 Å². The van der Waals surface area contributed by atoms with Gasteiger partial charge in [-0.3, -0.25) is 4.90 Å². The van der Waals surface area contributed by atoms with Crippen LogP contribution in [0.1, 0.15) is 45.4 Å². The van der Waals surface area contributed by atoms with Gasteiger partial charge in [-0.2, -0.15) is 0 Å². The quantitative estimate of drug-likeness (QED) is 0.831. The molecule has 1 saturated carbocycles. The van der Waals surface area contributed by atoms with Crippen LogP contribution in [0.25, 0.3) is 0 Å². The molecule has 112 valence electrons. The van der Waals surface area contributed by atoms with E-state index in [4.69, 9.17) is 0 Å². The van der Waals surface area contributed by atoms with E-state index in [1.54, 1.807) is 0 Å². The second-order valence-electron chi connectivity index (χ2n) is 6.37. The summed E-state index contributed by atoms with van der Waals surface area (Å²) in [7, 11) is -2.86. The predicted octanol–water partition coefficient (Wildman–Crippen LogP) is 1.42. The van der Waals surface area contributed by atoms with Crippen molar-refractivity contribution in [2.24, 2.45) is 0 Å². The molecule has 1 unspecified atom stereocenters. The smallest absolute Gasteiger partial charge is 0.148 e. The first-order chi connectivity index (χ1) is 8.95. The highest BCUT2D eigenvalue weighted by Crippen LogP contribution is 2.37. The molecule has 4 nitrogen and oxygen atoms in total. The highest BCUT2D eigenvalue weighted by molar-refractivity contribution is 7.90. The molecule has 0 aromatic rings. The van der Waals surface area contributed by atoms with Gasteiger partial charge in [0.1, 0.15) is 9.84 Å². The van der Waals surface area contributed by atoms with Gasteiger partial charge in [0.15, 0.2) is 0 Å². The van der Waals surface area contributed by atoms with Crippen LogP contribution >= 0.6 is 0 Å². The molecule has 1 aliphatic heterocycles. The maximum absolute atomic E-state index is 11.4. The summed E-state index contributed by atoms with van der Waals surface area (Å²) in [6.07, 6.45) is 8.74. The number of hydrogen-bond acceptors (Lipinski definition) is 4. The van der Waals surface area contributed by atoms with Crippen molar-refractivity contribution in [3.63, 3.8) is 0 Å². The fourth-order valence-corrected chi connectivity index (χ4v) is 4.19. The average Bonchev–Trinajstić information content (AvgIpc) is 2.79. The van der Waals surface area contributed by atoms with Crippen LogP contribution in [0.2, 0.25) is 0 Å². The van der Waals surface area contributed by atoms with E-state index < -0.39 is 9.84 Å². The predicted molar refractivity (Wildman–Crippen MR) is 79.2 cm³/mol. The summed E-state index contributed by atoms with van der Waals surface area (Å²) in [5.41, 5.74) is 0.245. The molecule has 0 aromatic heterocycles. The van der Waals surface area contributed by atoms with Crippen LogP contribution in [0.4, 0.5) is 0 Å². The molecule has 2 fully saturated rings. The third-order valence-electron chi connectivity index (χ3n) is 4.73. The molecule has 0 bridgehead atoms. The van der Waals surface area contributed by atoms with Crippen molar-refractivity contribution in [1.82, 2.24) is 10.2 Å². The summed E-state index contributed by atoms with van der Waals surface area (Å²) in [4.78, 5) is 2.48. The second kappa shape index (κ2) is 6.10. The summed E-state index contributed by atoms with van der Waals surface area (Å²) in [5.74, 6) is 0.299. The molecule has 1 atom stereocenters. The molecule has 5 heteroatoms. The third-order valence-corrected chi connectivity index (χ3v) is 5.66. The Labute approximate surface area is 117 Å². The third kappa shape index (κ3) is 3.92. The zero-order chi connectivity index (χ0) is 13.9. The highest BCUT2D eigenvalue weighted by atomic mass is 32.2. The molecule has 0 aromatic carbocycles. The minimum absolute atomic E-state index is 0.245. The Kier molecular flexibility index (Phi) is 4.90. The number of sulfone groups is 1. The molecule has 1 aliphatic carbocycles. The minimum Gasteiger partial charge on any atom is -0.311 e. The van der Waals surface area contributed by atoms with Crippen LogP contribution in [-0.2, 0) is 9.84 Å². The Hall–Kier alpha value is -0.130. The van der Waals surface area contributed by atoms with Gasteiger partial charge in [-0.05, 0) is 19.3 Å². The first kappa shape index (κ1) is 15.3. The molecular formula is C14H28N2O2S. The monoisotopic (exact) mass is 288 g/mol. The fraction of sp³-hybridized carbons (Fsp3) is 1.00. The van der Waals surface area contributed by atoms with Crippen molar-refractivity contribution >= 4 is 9.84 Å². The van der Waals surface area contributed by atoms with Crippen molar-refractivity contribution in [2.75, 3.05) is 31.6 Å². The van der Waals surface area contributed by atoms with E-state index in [1.165, 1.54) is 44.8 Å². The molecule has 1 saturated heterocycles. The van der Waals surface area contributed by atoms with Crippen LogP contribution in [0.3, 0.4) is 0 Å². The first-order valence-corrected chi connectivity index (χ1v) is 9.67. The number of hydrogen-bond donors (Lipinski definition) is 1. The molecule has 0 radical (unpaired) electrons. The van der Waals surface area contributed by atoms with Gasteiger partial charge in [-0.25, -0.2) is 8.42 Å². The van der Waals surface area contributed by atoms with Gasteiger partial charge < -0.3 is 5.32 Å². The zero-order valence-corrected chi connectivity index (χ0v) is 13.1. The number of nitrogens with zero attached hydrogens (tertiary/aromatic N) is 1. The van der Waals surface area contributed by atoms with Crippen molar-refractivity contribution in [3.05, 3.63) is 0 Å². The Morgan fingerprint density at radius 2 is 2.00 bits per heavy atom. The standard InChI is InChI=1S/C14H28N2O2S/c1-3-6-13-11-16(9-10-19(2,17)18)14(12-15-13)7-4-5-8-14/h13,15H,3-12H2,1-2H3. The lowest BCUT2D eigenvalue weighted by Crippen LogP contribution is -2.64. The topological polar surface area (TPSA) is 49.4 Å². The second-order valence-corrected chi connectivity index (χ2v) is 8.63. The maximum Gasteiger partial charge on any atom is 0.148 e. The van der Waals surface area contributed by atoms with E-state index in [-0.39, 0.29) is 5.54 Å². The lowest BCUT2D eigenvalue weighted by atomic mass is 9.90. The minimum atomic E-state index is -2.86. The van der Waals surface area contributed by atoms with Gasteiger partial charge in [0, 0.05) is 37.5 Å². The lowest BCUT2D eigenvalue weighted by molar-refractivity contribution is 0.0468. The SMILES string of the molecule is CCCC1CN(CCS(C)(=O)=O)C2(CCCC2)CN1. The van der Waals surface area contributed by atoms with Crippen LogP contribution < -0.4 is 5.32 Å². The van der Waals surface area contributed by atoms with Crippen LogP contribution in [0.5, 0.6) is 0 Å². The summed E-state index contributed by atoms with van der Waals surface area (Å²) >= 11 is 0. The summed E-state index contributed by atoms with van der Waals surface area (Å²) < 4.78 is 22.9. The molecular weight excluding hydrogens is 260 g/mol. The Morgan fingerprint density at radius 1 is 1.32 bits per heavy atom. The largest absolute Gasteiger partial charge is 0.311 e. The van der Waals surface area contributed by atoms with Crippen molar-refractivity contribution in [3.8, 4) is 0 Å². The van der Waals surface area contributed by atoms with Gasteiger partial charge in [-0.1, -0.05) is 26.2 Å². The van der Waals surface area contributed by atoms with Gasteiger partial charge in [0.2, 0.25) is 0 Å². The van der Waals surface area contributed by atoms with E-state index in [1.807, 2.05) is 0 Å². The average molecular weight is 288 g/mol. The van der Waals surface area contributed by atoms with E-state index in [0.717, 1.165) is 13.1 Å². The van der Waals surface area contributed by atoms with Crippen molar-refractivity contribution < 1.29 is 8.42 Å². The van der Waals surface area contributed by atoms with E-state index in [0.29, 0.717) is 18.3 Å². The fourth-order valence-electron chi connectivity index (χ4n) is 3.64. The van der Waals surface area contributed by atoms with Gasteiger partial charge >= 0.3 is 0 Å². The molecule has 0 amide bonds. The van der Waals surface area contributed by atoms with Crippen molar-refractivity contribution in [1.29, 1.82) is 0 Å². The van der Waals surface area contributed by atoms with E-state index in [9.17, 15) is 8.42 Å².